The average molecular weight is 337 g/mol. The van der Waals surface area contributed by atoms with Crippen molar-refractivity contribution in [3.63, 3.8) is 0 Å². The SMILES string of the molecule is CNC1C=C(c2cc(OCc3ccccc3)cc(SC)c2)C=C1C. The fourth-order valence-electron chi connectivity index (χ4n) is 2.87. The van der Waals surface area contributed by atoms with Crippen molar-refractivity contribution in [2.45, 2.75) is 24.5 Å². The quantitative estimate of drug-likeness (QED) is 0.756. The second-order valence-corrected chi connectivity index (χ2v) is 6.83. The second kappa shape index (κ2) is 7.73. The fourth-order valence-corrected chi connectivity index (χ4v) is 3.34. The second-order valence-electron chi connectivity index (χ2n) is 5.95. The maximum absolute atomic E-state index is 6.04. The van der Waals surface area contributed by atoms with Crippen molar-refractivity contribution in [1.29, 1.82) is 0 Å². The molecular weight excluding hydrogens is 314 g/mol. The van der Waals surface area contributed by atoms with E-state index in [2.05, 4.69) is 61.0 Å². The molecule has 24 heavy (non-hydrogen) atoms. The van der Waals surface area contributed by atoms with E-state index < -0.39 is 0 Å². The maximum atomic E-state index is 6.04. The molecule has 1 atom stereocenters. The Morgan fingerprint density at radius 3 is 2.58 bits per heavy atom. The van der Waals surface area contributed by atoms with E-state index in [-0.39, 0.29) is 0 Å². The lowest BCUT2D eigenvalue weighted by Crippen LogP contribution is -2.21. The summed E-state index contributed by atoms with van der Waals surface area (Å²) >= 11 is 1.74. The lowest BCUT2D eigenvalue weighted by molar-refractivity contribution is 0.305. The van der Waals surface area contributed by atoms with Crippen LogP contribution in [0, 0.1) is 0 Å². The van der Waals surface area contributed by atoms with Crippen LogP contribution in [0.1, 0.15) is 18.1 Å². The van der Waals surface area contributed by atoms with Crippen molar-refractivity contribution >= 4 is 17.3 Å². The van der Waals surface area contributed by atoms with E-state index >= 15 is 0 Å². The molecule has 0 amide bonds. The molecule has 0 saturated heterocycles. The molecule has 1 aliphatic rings. The zero-order valence-corrected chi connectivity index (χ0v) is 15.2. The molecule has 0 radical (unpaired) electrons. The number of hydrogen-bond donors (Lipinski definition) is 1. The van der Waals surface area contributed by atoms with Gasteiger partial charge in [0.15, 0.2) is 0 Å². The van der Waals surface area contributed by atoms with Crippen molar-refractivity contribution in [1.82, 2.24) is 5.32 Å². The summed E-state index contributed by atoms with van der Waals surface area (Å²) in [5, 5.41) is 3.32. The average Bonchev–Trinajstić information content (AvgIpc) is 3.01. The molecule has 3 rings (SSSR count). The highest BCUT2D eigenvalue weighted by Gasteiger charge is 2.15. The molecule has 1 N–H and O–H groups in total. The highest BCUT2D eigenvalue weighted by molar-refractivity contribution is 7.98. The number of ether oxygens (including phenoxy) is 1. The molecule has 0 bridgehead atoms. The summed E-state index contributed by atoms with van der Waals surface area (Å²) in [7, 11) is 1.99. The van der Waals surface area contributed by atoms with Gasteiger partial charge in [-0.05, 0) is 55.1 Å². The summed E-state index contributed by atoms with van der Waals surface area (Å²) in [6.45, 7) is 2.75. The third-order valence-corrected chi connectivity index (χ3v) is 4.94. The van der Waals surface area contributed by atoms with E-state index in [0.717, 1.165) is 5.75 Å². The van der Waals surface area contributed by atoms with E-state index in [4.69, 9.17) is 4.74 Å². The molecule has 2 aromatic rings. The minimum atomic E-state index is 0.326. The van der Waals surface area contributed by atoms with E-state index in [1.807, 2.05) is 25.2 Å². The van der Waals surface area contributed by atoms with Gasteiger partial charge in [-0.15, -0.1) is 11.8 Å². The number of benzene rings is 2. The van der Waals surface area contributed by atoms with Crippen LogP contribution >= 0.6 is 11.8 Å². The number of thioether (sulfide) groups is 1. The molecule has 0 aromatic heterocycles. The van der Waals surface area contributed by atoms with Gasteiger partial charge in [-0.1, -0.05) is 48.1 Å². The molecule has 3 heteroatoms. The fraction of sp³-hybridized carbons (Fsp3) is 0.238. The van der Waals surface area contributed by atoms with Gasteiger partial charge in [0.2, 0.25) is 0 Å². The predicted molar refractivity (Wildman–Crippen MR) is 104 cm³/mol. The van der Waals surface area contributed by atoms with Gasteiger partial charge in [0.05, 0.1) is 0 Å². The van der Waals surface area contributed by atoms with Crippen molar-refractivity contribution in [2.24, 2.45) is 0 Å². The zero-order valence-electron chi connectivity index (χ0n) is 14.4. The lowest BCUT2D eigenvalue weighted by atomic mass is 10.1. The first-order valence-corrected chi connectivity index (χ1v) is 9.35. The molecular formula is C21H23NOS. The summed E-state index contributed by atoms with van der Waals surface area (Å²) in [4.78, 5) is 1.22. The van der Waals surface area contributed by atoms with Gasteiger partial charge in [-0.2, -0.15) is 0 Å². The zero-order chi connectivity index (χ0) is 16.9. The van der Waals surface area contributed by atoms with E-state index in [1.54, 1.807) is 11.8 Å². The van der Waals surface area contributed by atoms with Gasteiger partial charge in [0.25, 0.3) is 0 Å². The number of nitrogens with one attached hydrogen (secondary N) is 1. The standard InChI is InChI=1S/C21H23NOS/c1-15-9-17(12-21(15)22-2)18-10-19(13-20(11-18)24-3)23-14-16-7-5-4-6-8-16/h4-13,21-22H,14H2,1-3H3. The van der Waals surface area contributed by atoms with Crippen molar-refractivity contribution in [2.75, 3.05) is 13.3 Å². The van der Waals surface area contributed by atoms with Gasteiger partial charge in [-0.3, -0.25) is 0 Å². The van der Waals surface area contributed by atoms with Crippen LogP contribution in [0.4, 0.5) is 0 Å². The molecule has 0 fully saturated rings. The van der Waals surface area contributed by atoms with E-state index in [9.17, 15) is 0 Å². The van der Waals surface area contributed by atoms with Crippen LogP contribution < -0.4 is 10.1 Å². The minimum absolute atomic E-state index is 0.326. The summed E-state index contributed by atoms with van der Waals surface area (Å²) in [5.41, 5.74) is 4.99. The Kier molecular flexibility index (Phi) is 5.44. The Hall–Kier alpha value is -1.97. The molecule has 2 aromatic carbocycles. The van der Waals surface area contributed by atoms with Gasteiger partial charge >= 0.3 is 0 Å². The van der Waals surface area contributed by atoms with Gasteiger partial charge in [-0.25, -0.2) is 0 Å². The summed E-state index contributed by atoms with van der Waals surface area (Å²) in [6.07, 6.45) is 6.62. The third-order valence-electron chi connectivity index (χ3n) is 4.23. The number of rotatable bonds is 6. The topological polar surface area (TPSA) is 21.3 Å². The Labute approximate surface area is 148 Å². The van der Waals surface area contributed by atoms with Crippen LogP contribution in [0.15, 0.2) is 71.2 Å². The highest BCUT2D eigenvalue weighted by Crippen LogP contribution is 2.32. The Bertz CT molecular complexity index is 765. The molecule has 0 spiro atoms. The highest BCUT2D eigenvalue weighted by atomic mass is 32.2. The molecule has 0 saturated carbocycles. The molecule has 2 nitrogen and oxygen atoms in total. The Morgan fingerprint density at radius 1 is 1.12 bits per heavy atom. The molecule has 1 aliphatic carbocycles. The van der Waals surface area contributed by atoms with Gasteiger partial charge < -0.3 is 10.1 Å². The summed E-state index contributed by atoms with van der Waals surface area (Å²) in [6, 6.07) is 17.1. The first-order chi connectivity index (χ1) is 11.7. The smallest absolute Gasteiger partial charge is 0.121 e. The monoisotopic (exact) mass is 337 g/mol. The van der Waals surface area contributed by atoms with E-state index in [0.29, 0.717) is 12.6 Å². The minimum Gasteiger partial charge on any atom is -0.489 e. The van der Waals surface area contributed by atoms with Crippen LogP contribution in [0.5, 0.6) is 5.75 Å². The van der Waals surface area contributed by atoms with Gasteiger partial charge in [0.1, 0.15) is 12.4 Å². The molecule has 124 valence electrons. The predicted octanol–water partition coefficient (Wildman–Crippen LogP) is 4.92. The van der Waals surface area contributed by atoms with Crippen LogP contribution in [-0.2, 0) is 6.61 Å². The lowest BCUT2D eigenvalue weighted by Gasteiger charge is -2.11. The maximum Gasteiger partial charge on any atom is 0.121 e. The van der Waals surface area contributed by atoms with Crippen LogP contribution in [0.25, 0.3) is 5.57 Å². The molecule has 1 unspecified atom stereocenters. The number of allylic oxidation sites excluding steroid dienone is 2. The normalized spacial score (nSPS) is 16.7. The van der Waals surface area contributed by atoms with E-state index in [1.165, 1.54) is 27.2 Å². The molecule has 0 aliphatic heterocycles. The Balaban J connectivity index is 1.84. The largest absolute Gasteiger partial charge is 0.489 e. The Morgan fingerprint density at radius 2 is 1.92 bits per heavy atom. The van der Waals surface area contributed by atoms with Crippen molar-refractivity contribution in [3.05, 3.63) is 77.4 Å². The molecule has 0 heterocycles. The third kappa shape index (κ3) is 3.92. The number of likely N-dealkylation sites (N-methyl/N-ethyl adjacent to an activating group) is 1. The van der Waals surface area contributed by atoms with Gasteiger partial charge in [0, 0.05) is 10.9 Å². The summed E-state index contributed by atoms with van der Waals surface area (Å²) < 4.78 is 6.04. The van der Waals surface area contributed by atoms with Crippen LogP contribution in [-0.4, -0.2) is 19.3 Å². The number of hydrogen-bond acceptors (Lipinski definition) is 3. The first kappa shape index (κ1) is 16.9. The van der Waals surface area contributed by atoms with Crippen LogP contribution in [0.2, 0.25) is 0 Å². The van der Waals surface area contributed by atoms with Crippen molar-refractivity contribution < 1.29 is 4.74 Å². The van der Waals surface area contributed by atoms with Crippen LogP contribution in [0.3, 0.4) is 0 Å². The summed E-state index contributed by atoms with van der Waals surface area (Å²) in [5.74, 6) is 0.917. The van der Waals surface area contributed by atoms with Crippen molar-refractivity contribution in [3.8, 4) is 5.75 Å². The first-order valence-electron chi connectivity index (χ1n) is 8.13.